The van der Waals surface area contributed by atoms with E-state index in [0.29, 0.717) is 0 Å². The average Bonchev–Trinajstić information content (AvgIpc) is 3.29. The number of nitrogens with zero attached hydrogens (tertiary/aromatic N) is 2. The fraction of sp³-hybridized carbons (Fsp3) is 0. The normalized spacial score (nSPS) is 11.4. The maximum absolute atomic E-state index is 5.14. The smallest absolute Gasteiger partial charge is 0.0708 e. The van der Waals surface area contributed by atoms with Gasteiger partial charge in [-0.25, -0.2) is 0 Å². The number of benzene rings is 9. The molecule has 57 heavy (non-hydrogen) atoms. The summed E-state index contributed by atoms with van der Waals surface area (Å²) in [7, 11) is 0. The molecule has 2 nitrogen and oxygen atoms in total. The zero-order chi connectivity index (χ0) is 38.0. The summed E-state index contributed by atoms with van der Waals surface area (Å²) in [6, 6.07) is 75.9. The molecular formula is C55H38N2. The Morgan fingerprint density at radius 2 is 0.912 bits per heavy atom. The van der Waals surface area contributed by atoms with Gasteiger partial charge in [-0.2, -0.15) is 0 Å². The Morgan fingerprint density at radius 3 is 1.63 bits per heavy atom. The first-order valence-corrected chi connectivity index (χ1v) is 19.4. The van der Waals surface area contributed by atoms with Crippen molar-refractivity contribution in [1.82, 2.24) is 4.98 Å². The van der Waals surface area contributed by atoms with Gasteiger partial charge in [-0.1, -0.05) is 164 Å². The summed E-state index contributed by atoms with van der Waals surface area (Å²) < 4.78 is 0. The SMILES string of the molecule is C(=C\c1ccc2cc(N(c3ccccc3)c3ccccc3)cc(-c3cnc4cc(-c5ccccc5-c5ccccc5)ccc4c3)c2c1)/c1ccc2ccccc2c1. The van der Waals surface area contributed by atoms with Gasteiger partial charge in [-0.15, -0.1) is 0 Å². The molecule has 0 fully saturated rings. The second kappa shape index (κ2) is 14.9. The van der Waals surface area contributed by atoms with E-state index in [4.69, 9.17) is 4.98 Å². The van der Waals surface area contributed by atoms with E-state index in [2.05, 4.69) is 229 Å². The Morgan fingerprint density at radius 1 is 0.333 bits per heavy atom. The van der Waals surface area contributed by atoms with Crippen LogP contribution in [-0.4, -0.2) is 4.98 Å². The van der Waals surface area contributed by atoms with Crippen molar-refractivity contribution in [3.8, 4) is 33.4 Å². The molecule has 2 heteroatoms. The topological polar surface area (TPSA) is 16.1 Å². The van der Waals surface area contributed by atoms with Gasteiger partial charge in [0.1, 0.15) is 0 Å². The van der Waals surface area contributed by atoms with E-state index in [-0.39, 0.29) is 0 Å². The van der Waals surface area contributed by atoms with Gasteiger partial charge in [0, 0.05) is 34.2 Å². The number of aromatic nitrogens is 1. The molecule has 0 amide bonds. The Hall–Kier alpha value is -7.55. The largest absolute Gasteiger partial charge is 0.310 e. The third-order valence-electron chi connectivity index (χ3n) is 10.8. The van der Waals surface area contributed by atoms with Crippen molar-refractivity contribution < 1.29 is 0 Å². The number of para-hydroxylation sites is 2. The summed E-state index contributed by atoms with van der Waals surface area (Å²) in [6.07, 6.45) is 6.47. The highest BCUT2D eigenvalue weighted by Crippen LogP contribution is 2.41. The quantitative estimate of drug-likeness (QED) is 0.145. The molecule has 10 aromatic rings. The van der Waals surface area contributed by atoms with Gasteiger partial charge in [0.05, 0.1) is 5.52 Å². The minimum absolute atomic E-state index is 0.966. The van der Waals surface area contributed by atoms with Crippen LogP contribution in [0, 0.1) is 0 Å². The highest BCUT2D eigenvalue weighted by Gasteiger charge is 2.17. The third kappa shape index (κ3) is 6.86. The van der Waals surface area contributed by atoms with Crippen LogP contribution in [0.2, 0.25) is 0 Å². The van der Waals surface area contributed by atoms with E-state index in [9.17, 15) is 0 Å². The predicted octanol–water partition coefficient (Wildman–Crippen LogP) is 15.2. The number of hydrogen-bond acceptors (Lipinski definition) is 2. The van der Waals surface area contributed by atoms with Gasteiger partial charge in [-0.05, 0) is 121 Å². The monoisotopic (exact) mass is 726 g/mol. The summed E-state index contributed by atoms with van der Waals surface area (Å²) in [5, 5.41) is 5.93. The molecule has 0 aliphatic carbocycles. The molecule has 0 spiro atoms. The number of anilines is 3. The number of rotatable bonds is 8. The van der Waals surface area contributed by atoms with E-state index in [1.54, 1.807) is 0 Å². The zero-order valence-corrected chi connectivity index (χ0v) is 31.3. The van der Waals surface area contributed by atoms with Crippen molar-refractivity contribution in [1.29, 1.82) is 0 Å². The van der Waals surface area contributed by atoms with Crippen LogP contribution in [0.15, 0.2) is 219 Å². The van der Waals surface area contributed by atoms with E-state index < -0.39 is 0 Å². The number of fused-ring (bicyclic) bond motifs is 3. The van der Waals surface area contributed by atoms with Crippen molar-refractivity contribution in [3.63, 3.8) is 0 Å². The maximum Gasteiger partial charge on any atom is 0.0708 e. The molecule has 268 valence electrons. The standard InChI is InChI=1S/C55H38N2/c1-4-15-42(16-5-1)51-22-12-13-23-52(51)45-30-31-46-34-47(38-56-55(46)36-45)54-37-50(57(48-18-6-2-7-19-48)49-20-8-3-9-21-49)35-44-29-27-40(33-53(44)54)25-24-39-26-28-41-14-10-11-17-43(41)32-39/h1-38H/b25-24+. The predicted molar refractivity (Wildman–Crippen MR) is 243 cm³/mol. The summed E-state index contributed by atoms with van der Waals surface area (Å²) in [4.78, 5) is 7.47. The minimum Gasteiger partial charge on any atom is -0.310 e. The minimum atomic E-state index is 0.966. The van der Waals surface area contributed by atoms with Crippen LogP contribution in [0.1, 0.15) is 11.1 Å². The summed E-state index contributed by atoms with van der Waals surface area (Å²) in [5.41, 5.74) is 13.5. The fourth-order valence-corrected chi connectivity index (χ4v) is 7.98. The molecule has 0 saturated carbocycles. The van der Waals surface area contributed by atoms with Gasteiger partial charge < -0.3 is 4.90 Å². The molecule has 0 radical (unpaired) electrons. The first-order chi connectivity index (χ1) is 28.2. The Labute approximate surface area is 333 Å². The van der Waals surface area contributed by atoms with Crippen LogP contribution in [-0.2, 0) is 0 Å². The molecule has 0 aliphatic rings. The van der Waals surface area contributed by atoms with Crippen LogP contribution in [0.5, 0.6) is 0 Å². The molecule has 0 aliphatic heterocycles. The van der Waals surface area contributed by atoms with Crippen LogP contribution >= 0.6 is 0 Å². The van der Waals surface area contributed by atoms with Gasteiger partial charge in [0.2, 0.25) is 0 Å². The first-order valence-electron chi connectivity index (χ1n) is 19.4. The lowest BCUT2D eigenvalue weighted by molar-refractivity contribution is 1.29. The second-order valence-corrected chi connectivity index (χ2v) is 14.5. The molecule has 0 atom stereocenters. The zero-order valence-electron chi connectivity index (χ0n) is 31.3. The lowest BCUT2D eigenvalue weighted by atomic mass is 9.93. The Kier molecular flexibility index (Phi) is 8.91. The molecule has 9 aromatic carbocycles. The van der Waals surface area contributed by atoms with Crippen molar-refractivity contribution in [3.05, 3.63) is 230 Å². The molecule has 1 heterocycles. The maximum atomic E-state index is 5.14. The van der Waals surface area contributed by atoms with Crippen LogP contribution in [0.25, 0.3) is 78.0 Å². The number of pyridine rings is 1. The first kappa shape index (κ1) is 34.0. The third-order valence-corrected chi connectivity index (χ3v) is 10.8. The van der Waals surface area contributed by atoms with E-state index >= 15 is 0 Å². The van der Waals surface area contributed by atoms with Crippen LogP contribution in [0.4, 0.5) is 17.1 Å². The lowest BCUT2D eigenvalue weighted by Gasteiger charge is -2.26. The van der Waals surface area contributed by atoms with Gasteiger partial charge >= 0.3 is 0 Å². The molecule has 0 unspecified atom stereocenters. The second-order valence-electron chi connectivity index (χ2n) is 14.5. The molecule has 0 N–H and O–H groups in total. The van der Waals surface area contributed by atoms with Crippen molar-refractivity contribution in [2.45, 2.75) is 0 Å². The Balaban J connectivity index is 1.11. The molecule has 0 bridgehead atoms. The summed E-state index contributed by atoms with van der Waals surface area (Å²) in [5.74, 6) is 0. The molecular weight excluding hydrogens is 689 g/mol. The van der Waals surface area contributed by atoms with Crippen LogP contribution < -0.4 is 4.90 Å². The summed E-state index contributed by atoms with van der Waals surface area (Å²) in [6.45, 7) is 0. The van der Waals surface area contributed by atoms with E-state index in [0.717, 1.165) is 55.6 Å². The summed E-state index contributed by atoms with van der Waals surface area (Å²) >= 11 is 0. The molecule has 0 saturated heterocycles. The molecule has 1 aromatic heterocycles. The van der Waals surface area contributed by atoms with Crippen molar-refractivity contribution in [2.24, 2.45) is 0 Å². The van der Waals surface area contributed by atoms with Gasteiger partial charge in [0.25, 0.3) is 0 Å². The van der Waals surface area contributed by atoms with Crippen molar-refractivity contribution in [2.75, 3.05) is 4.90 Å². The van der Waals surface area contributed by atoms with Crippen LogP contribution in [0.3, 0.4) is 0 Å². The lowest BCUT2D eigenvalue weighted by Crippen LogP contribution is -2.10. The van der Waals surface area contributed by atoms with Gasteiger partial charge in [0.15, 0.2) is 0 Å². The van der Waals surface area contributed by atoms with Crippen molar-refractivity contribution >= 4 is 61.7 Å². The average molecular weight is 727 g/mol. The Bertz CT molecular complexity index is 3020. The van der Waals surface area contributed by atoms with Gasteiger partial charge in [-0.3, -0.25) is 4.98 Å². The van der Waals surface area contributed by atoms with E-state index in [1.807, 2.05) is 6.20 Å². The highest BCUT2D eigenvalue weighted by atomic mass is 15.1. The fourth-order valence-electron chi connectivity index (χ4n) is 7.98. The molecule has 10 rings (SSSR count). The number of hydrogen-bond donors (Lipinski definition) is 0. The highest BCUT2D eigenvalue weighted by molar-refractivity contribution is 6.03. The van der Waals surface area contributed by atoms with E-state index in [1.165, 1.54) is 38.4 Å².